The van der Waals surface area contributed by atoms with Gasteiger partial charge < -0.3 is 9.69 Å². The van der Waals surface area contributed by atoms with Crippen LogP contribution < -0.4 is 0 Å². The lowest BCUT2D eigenvalue weighted by Crippen LogP contribution is -2.48. The van der Waals surface area contributed by atoms with Crippen molar-refractivity contribution in [3.63, 3.8) is 0 Å². The molecule has 2 aliphatic rings. The fourth-order valence-electron chi connectivity index (χ4n) is 3.95. The summed E-state index contributed by atoms with van der Waals surface area (Å²) in [6.45, 7) is 7.71. The molecule has 3 heterocycles. The summed E-state index contributed by atoms with van der Waals surface area (Å²) in [5, 5.41) is 4.36. The van der Waals surface area contributed by atoms with Crippen molar-refractivity contribution in [1.82, 2.24) is 14.7 Å². The minimum atomic E-state index is 0.574. The molecule has 0 atom stereocenters. The van der Waals surface area contributed by atoms with Gasteiger partial charge in [0.15, 0.2) is 0 Å². The molecule has 2 aromatic rings. The zero-order chi connectivity index (χ0) is 19.2. The Morgan fingerprint density at radius 3 is 2.04 bits per heavy atom. The monoisotopic (exact) mass is 415 g/mol. The molecule has 0 amide bonds. The lowest BCUT2D eigenvalue weighted by Gasteiger charge is -2.39. The molecule has 6 heteroatoms. The van der Waals surface area contributed by atoms with Crippen molar-refractivity contribution in [1.29, 1.82) is 0 Å². The molecule has 150 valence electrons. The van der Waals surface area contributed by atoms with Crippen LogP contribution in [0.2, 0.25) is 0 Å². The molecule has 28 heavy (non-hydrogen) atoms. The predicted molar refractivity (Wildman–Crippen MR) is 118 cm³/mol. The minimum absolute atomic E-state index is 0.574. The van der Waals surface area contributed by atoms with E-state index in [2.05, 4.69) is 49.7 Å². The first-order chi connectivity index (χ1) is 13.8. The number of carbonyl (C=O) groups excluding carboxylic acids is 1. The van der Waals surface area contributed by atoms with Gasteiger partial charge in [-0.25, -0.2) is 0 Å². The van der Waals surface area contributed by atoms with E-state index in [1.54, 1.807) is 11.3 Å². The van der Waals surface area contributed by atoms with Gasteiger partial charge in [0, 0.05) is 48.2 Å². The average molecular weight is 416 g/mol. The molecule has 1 saturated heterocycles. The fraction of sp³-hybridized carbons (Fsp3) is 0.500. The van der Waals surface area contributed by atoms with Gasteiger partial charge in [-0.1, -0.05) is 12.1 Å². The minimum Gasteiger partial charge on any atom is -0.364 e. The Kier molecular flexibility index (Phi) is 6.96. The molecule has 1 aliphatic heterocycles. The first kappa shape index (κ1) is 19.8. The summed E-state index contributed by atoms with van der Waals surface area (Å²) in [5.41, 5.74) is 3.21. The van der Waals surface area contributed by atoms with E-state index in [-0.39, 0.29) is 0 Å². The van der Waals surface area contributed by atoms with E-state index >= 15 is 0 Å². The van der Waals surface area contributed by atoms with Gasteiger partial charge in [0.2, 0.25) is 0 Å². The molecule has 4 nitrogen and oxygen atoms in total. The first-order valence-electron chi connectivity index (χ1n) is 10.2. The first-order valence-corrected chi connectivity index (χ1v) is 12.0. The van der Waals surface area contributed by atoms with E-state index in [4.69, 9.17) is 0 Å². The summed E-state index contributed by atoms with van der Waals surface area (Å²) in [5.74, 6) is 0. The van der Waals surface area contributed by atoms with Crippen molar-refractivity contribution >= 4 is 29.0 Å². The van der Waals surface area contributed by atoms with Crippen molar-refractivity contribution in [2.45, 2.75) is 32.4 Å². The SMILES string of the molecule is O=CCN1CCN(CC(=C2CCC2)N(Cc2cccs2)Cc2cccs2)CC1. The lowest BCUT2D eigenvalue weighted by atomic mass is 9.89. The second-order valence-corrected chi connectivity index (χ2v) is 9.73. The van der Waals surface area contributed by atoms with E-state index in [0.29, 0.717) is 6.54 Å². The highest BCUT2D eigenvalue weighted by Crippen LogP contribution is 2.33. The highest BCUT2D eigenvalue weighted by atomic mass is 32.1. The Morgan fingerprint density at radius 2 is 1.57 bits per heavy atom. The highest BCUT2D eigenvalue weighted by molar-refractivity contribution is 7.10. The molecule has 0 unspecified atom stereocenters. The van der Waals surface area contributed by atoms with E-state index in [9.17, 15) is 4.79 Å². The van der Waals surface area contributed by atoms with Crippen LogP contribution in [0.3, 0.4) is 0 Å². The summed E-state index contributed by atoms with van der Waals surface area (Å²) in [4.78, 5) is 21.1. The molecule has 2 aromatic heterocycles. The van der Waals surface area contributed by atoms with Crippen LogP contribution in [0.4, 0.5) is 0 Å². The number of hydrogen-bond acceptors (Lipinski definition) is 6. The van der Waals surface area contributed by atoms with Crippen LogP contribution >= 0.6 is 22.7 Å². The zero-order valence-corrected chi connectivity index (χ0v) is 18.0. The molecule has 1 aliphatic carbocycles. The number of nitrogens with zero attached hydrogens (tertiary/aromatic N) is 3. The van der Waals surface area contributed by atoms with Crippen molar-refractivity contribution in [3.8, 4) is 0 Å². The molecule has 0 N–H and O–H groups in total. The number of aldehydes is 1. The maximum Gasteiger partial charge on any atom is 0.133 e. The topological polar surface area (TPSA) is 26.8 Å². The summed E-state index contributed by atoms with van der Waals surface area (Å²) < 4.78 is 0. The number of rotatable bonds is 9. The largest absolute Gasteiger partial charge is 0.364 e. The van der Waals surface area contributed by atoms with Crippen LogP contribution in [0.25, 0.3) is 0 Å². The zero-order valence-electron chi connectivity index (χ0n) is 16.4. The van der Waals surface area contributed by atoms with Crippen molar-refractivity contribution in [2.24, 2.45) is 0 Å². The number of hydrogen-bond donors (Lipinski definition) is 0. The Morgan fingerprint density at radius 1 is 0.964 bits per heavy atom. The fourth-order valence-corrected chi connectivity index (χ4v) is 5.39. The van der Waals surface area contributed by atoms with Gasteiger partial charge in [0.1, 0.15) is 6.29 Å². The van der Waals surface area contributed by atoms with E-state index < -0.39 is 0 Å². The quantitative estimate of drug-likeness (QED) is 0.577. The molecular weight excluding hydrogens is 386 g/mol. The van der Waals surface area contributed by atoms with Gasteiger partial charge in [-0.2, -0.15) is 0 Å². The van der Waals surface area contributed by atoms with Crippen LogP contribution in [0.5, 0.6) is 0 Å². The van der Waals surface area contributed by atoms with Gasteiger partial charge in [-0.05, 0) is 47.7 Å². The normalized spacial score (nSPS) is 18.1. The van der Waals surface area contributed by atoms with Crippen LogP contribution in [0.15, 0.2) is 46.3 Å². The van der Waals surface area contributed by atoms with E-state index in [1.807, 2.05) is 22.7 Å². The van der Waals surface area contributed by atoms with Gasteiger partial charge in [0.05, 0.1) is 19.6 Å². The molecule has 0 aromatic carbocycles. The standard InChI is InChI=1S/C22H29N3OS2/c26-13-12-23-8-10-24(11-9-23)18-22(19-4-1-5-19)25(16-20-6-2-14-27-20)17-21-7-3-15-28-21/h2-3,6-7,13-15H,1,4-5,8-12,16-18H2. The predicted octanol–water partition coefficient (Wildman–Crippen LogP) is 4.07. The van der Waals surface area contributed by atoms with Crippen LogP contribution in [0, 0.1) is 0 Å². The Labute approximate surface area is 176 Å². The third kappa shape index (κ3) is 5.11. The second kappa shape index (κ2) is 9.83. The molecule has 0 radical (unpaired) electrons. The van der Waals surface area contributed by atoms with Crippen LogP contribution in [0.1, 0.15) is 29.0 Å². The van der Waals surface area contributed by atoms with Crippen molar-refractivity contribution in [3.05, 3.63) is 56.1 Å². The second-order valence-electron chi connectivity index (χ2n) is 7.66. The van der Waals surface area contributed by atoms with Crippen molar-refractivity contribution in [2.75, 3.05) is 39.3 Å². The number of allylic oxidation sites excluding steroid dienone is 1. The Bertz CT molecular complexity index is 720. The van der Waals surface area contributed by atoms with Crippen LogP contribution in [-0.2, 0) is 17.9 Å². The molecule has 0 bridgehead atoms. The number of carbonyl (C=O) groups is 1. The van der Waals surface area contributed by atoms with Gasteiger partial charge in [0.25, 0.3) is 0 Å². The average Bonchev–Trinajstić information content (AvgIpc) is 3.35. The molecule has 0 spiro atoms. The summed E-state index contributed by atoms with van der Waals surface area (Å²) in [7, 11) is 0. The number of thiophene rings is 2. The van der Waals surface area contributed by atoms with Gasteiger partial charge in [-0.15, -0.1) is 22.7 Å². The maximum absolute atomic E-state index is 10.8. The summed E-state index contributed by atoms with van der Waals surface area (Å²) in [6, 6.07) is 8.83. The maximum atomic E-state index is 10.8. The van der Waals surface area contributed by atoms with E-state index in [0.717, 1.165) is 52.1 Å². The lowest BCUT2D eigenvalue weighted by molar-refractivity contribution is -0.109. The third-order valence-corrected chi connectivity index (χ3v) is 7.49. The van der Waals surface area contributed by atoms with E-state index in [1.165, 1.54) is 29.0 Å². The number of piperazine rings is 1. The molecule has 2 fully saturated rings. The van der Waals surface area contributed by atoms with Crippen molar-refractivity contribution < 1.29 is 4.79 Å². The van der Waals surface area contributed by atoms with Gasteiger partial charge in [-0.3, -0.25) is 9.80 Å². The molecule has 4 rings (SSSR count). The highest BCUT2D eigenvalue weighted by Gasteiger charge is 2.25. The summed E-state index contributed by atoms with van der Waals surface area (Å²) >= 11 is 3.71. The Balaban J connectivity index is 1.49. The van der Waals surface area contributed by atoms with Crippen LogP contribution in [-0.4, -0.2) is 60.3 Å². The Hall–Kier alpha value is -1.47. The molecule has 1 saturated carbocycles. The van der Waals surface area contributed by atoms with Gasteiger partial charge >= 0.3 is 0 Å². The smallest absolute Gasteiger partial charge is 0.133 e. The molecular formula is C22H29N3OS2. The third-order valence-electron chi connectivity index (χ3n) is 5.77. The summed E-state index contributed by atoms with van der Waals surface area (Å²) in [6.07, 6.45) is 4.87.